The Hall–Kier alpha value is -4.31. The number of anilines is 1. The fraction of sp³-hybridized carbons (Fsp3) is 0.286. The molecule has 0 amide bonds. The number of nitrogens with zero attached hydrogens (tertiary/aromatic N) is 5. The van der Waals surface area contributed by atoms with Gasteiger partial charge in [-0.25, -0.2) is 19.0 Å². The predicted octanol–water partition coefficient (Wildman–Crippen LogP) is 4.16. The highest BCUT2D eigenvalue weighted by atomic mass is 19.1. The summed E-state index contributed by atoms with van der Waals surface area (Å²) >= 11 is 0. The topological polar surface area (TPSA) is 105 Å². The number of aryl methyl sites for hydroxylation is 2. The van der Waals surface area contributed by atoms with Gasteiger partial charge in [0.15, 0.2) is 0 Å². The summed E-state index contributed by atoms with van der Waals surface area (Å²) in [6, 6.07) is 8.26. The minimum absolute atomic E-state index is 0.0293. The van der Waals surface area contributed by atoms with Crippen LogP contribution in [0.1, 0.15) is 46.6 Å². The van der Waals surface area contributed by atoms with E-state index in [1.807, 2.05) is 17.7 Å². The molecule has 38 heavy (non-hydrogen) atoms. The third-order valence-corrected chi connectivity index (χ3v) is 7.33. The highest BCUT2D eigenvalue weighted by molar-refractivity contribution is 5.89. The van der Waals surface area contributed by atoms with Crippen LogP contribution in [0.25, 0.3) is 22.3 Å². The second kappa shape index (κ2) is 9.86. The normalized spacial score (nSPS) is 14.9. The number of benzene rings is 1. The average Bonchev–Trinajstić information content (AvgIpc) is 3.24. The van der Waals surface area contributed by atoms with Crippen molar-refractivity contribution in [2.24, 2.45) is 7.05 Å². The summed E-state index contributed by atoms with van der Waals surface area (Å²) in [4.78, 5) is 34.9. The van der Waals surface area contributed by atoms with Crippen LogP contribution < -0.4 is 11.0 Å². The summed E-state index contributed by atoms with van der Waals surface area (Å²) in [6.07, 6.45) is 6.05. The minimum Gasteiger partial charge on any atom is -0.478 e. The summed E-state index contributed by atoms with van der Waals surface area (Å²) in [7, 11) is 3.68. The molecule has 1 aromatic carbocycles. The minimum atomic E-state index is -1.14. The third-order valence-electron chi connectivity index (χ3n) is 7.33. The SMILES string of the molecule is CNc1ccn(-c2ccnc3c2cc([C@H](C)N2CC=C(c4c(C)cc(C(=O)O)cc4F)CC2)n3C)c(=O)n1. The van der Waals surface area contributed by atoms with Gasteiger partial charge in [-0.2, -0.15) is 4.98 Å². The van der Waals surface area contributed by atoms with E-state index in [0.717, 1.165) is 28.4 Å². The lowest BCUT2D eigenvalue weighted by Gasteiger charge is -2.32. The highest BCUT2D eigenvalue weighted by Gasteiger charge is 2.25. The molecule has 196 valence electrons. The summed E-state index contributed by atoms with van der Waals surface area (Å²) in [6.45, 7) is 5.19. The number of carboxylic acids is 1. The van der Waals surface area contributed by atoms with Crippen molar-refractivity contribution in [2.45, 2.75) is 26.3 Å². The number of rotatable bonds is 6. The Balaban J connectivity index is 1.45. The number of nitrogens with one attached hydrogen (secondary N) is 1. The molecule has 1 aliphatic heterocycles. The lowest BCUT2D eigenvalue weighted by atomic mass is 9.93. The molecule has 0 aliphatic carbocycles. The number of fused-ring (bicyclic) bond motifs is 1. The molecule has 9 nitrogen and oxygen atoms in total. The Morgan fingerprint density at radius 2 is 2.03 bits per heavy atom. The zero-order valence-electron chi connectivity index (χ0n) is 21.7. The smallest absolute Gasteiger partial charge is 0.354 e. The van der Waals surface area contributed by atoms with Gasteiger partial charge in [0.1, 0.15) is 17.3 Å². The van der Waals surface area contributed by atoms with Gasteiger partial charge in [-0.15, -0.1) is 0 Å². The predicted molar refractivity (Wildman–Crippen MR) is 144 cm³/mol. The lowest BCUT2D eigenvalue weighted by Crippen LogP contribution is -2.32. The summed E-state index contributed by atoms with van der Waals surface area (Å²) in [5.74, 6) is -1.14. The van der Waals surface area contributed by atoms with Gasteiger partial charge in [-0.3, -0.25) is 9.47 Å². The van der Waals surface area contributed by atoms with Gasteiger partial charge in [-0.05, 0) is 61.7 Å². The molecule has 0 saturated heterocycles. The van der Waals surface area contributed by atoms with E-state index in [1.54, 1.807) is 38.5 Å². The van der Waals surface area contributed by atoms with Gasteiger partial charge in [0.25, 0.3) is 0 Å². The second-order valence-electron chi connectivity index (χ2n) is 9.52. The number of hydrogen-bond acceptors (Lipinski definition) is 6. The molecule has 0 fully saturated rings. The number of pyridine rings is 1. The van der Waals surface area contributed by atoms with Crippen molar-refractivity contribution in [3.63, 3.8) is 0 Å². The van der Waals surface area contributed by atoms with Crippen LogP contribution in [-0.2, 0) is 7.05 Å². The van der Waals surface area contributed by atoms with Gasteiger partial charge < -0.3 is 15.0 Å². The van der Waals surface area contributed by atoms with Crippen molar-refractivity contribution >= 4 is 28.4 Å². The van der Waals surface area contributed by atoms with Crippen LogP contribution in [0.5, 0.6) is 0 Å². The molecule has 0 spiro atoms. The molecule has 4 aromatic rings. The second-order valence-corrected chi connectivity index (χ2v) is 9.52. The number of aromatic nitrogens is 4. The fourth-order valence-corrected chi connectivity index (χ4v) is 5.29. The van der Waals surface area contributed by atoms with Crippen LogP contribution in [0.3, 0.4) is 0 Å². The van der Waals surface area contributed by atoms with E-state index in [2.05, 4.69) is 33.2 Å². The summed E-state index contributed by atoms with van der Waals surface area (Å²) < 4.78 is 18.4. The molecule has 1 atom stereocenters. The Bertz CT molecular complexity index is 1630. The monoisotopic (exact) mass is 516 g/mol. The van der Waals surface area contributed by atoms with Gasteiger partial charge >= 0.3 is 11.7 Å². The van der Waals surface area contributed by atoms with E-state index >= 15 is 0 Å². The maximum absolute atomic E-state index is 14.8. The lowest BCUT2D eigenvalue weighted by molar-refractivity contribution is 0.0696. The Kier molecular flexibility index (Phi) is 6.58. The van der Waals surface area contributed by atoms with Crippen LogP contribution in [0.2, 0.25) is 0 Å². The Labute approximate surface area is 218 Å². The van der Waals surface area contributed by atoms with E-state index in [4.69, 9.17) is 0 Å². The van der Waals surface area contributed by atoms with Crippen molar-refractivity contribution in [2.75, 3.05) is 25.5 Å². The third kappa shape index (κ3) is 4.37. The van der Waals surface area contributed by atoms with Crippen molar-refractivity contribution in [3.8, 4) is 5.69 Å². The van der Waals surface area contributed by atoms with Gasteiger partial charge in [-0.1, -0.05) is 6.08 Å². The van der Waals surface area contributed by atoms with E-state index in [0.29, 0.717) is 42.1 Å². The van der Waals surface area contributed by atoms with Crippen LogP contribution in [0.4, 0.5) is 10.2 Å². The summed E-state index contributed by atoms with van der Waals surface area (Å²) in [5.41, 5.74) is 4.08. The van der Waals surface area contributed by atoms with Crippen LogP contribution in [0.15, 0.2) is 53.6 Å². The molecule has 1 aliphatic rings. The molecule has 5 rings (SSSR count). The molecular weight excluding hydrogens is 487 g/mol. The van der Waals surface area contributed by atoms with Crippen LogP contribution in [-0.4, -0.2) is 55.2 Å². The average molecular weight is 517 g/mol. The molecule has 10 heteroatoms. The van der Waals surface area contributed by atoms with E-state index < -0.39 is 11.8 Å². The first-order valence-corrected chi connectivity index (χ1v) is 12.4. The molecule has 0 unspecified atom stereocenters. The molecule has 0 radical (unpaired) electrons. The molecule has 0 saturated carbocycles. The highest BCUT2D eigenvalue weighted by Crippen LogP contribution is 2.34. The molecular formula is C28H29FN6O3. The van der Waals surface area contributed by atoms with E-state index in [-0.39, 0.29) is 17.3 Å². The fourth-order valence-electron chi connectivity index (χ4n) is 5.29. The maximum atomic E-state index is 14.8. The Morgan fingerprint density at radius 3 is 2.66 bits per heavy atom. The molecule has 0 bridgehead atoms. The Morgan fingerprint density at radius 1 is 1.24 bits per heavy atom. The van der Waals surface area contributed by atoms with Gasteiger partial charge in [0, 0.05) is 62.3 Å². The van der Waals surface area contributed by atoms with Crippen LogP contribution in [0, 0.1) is 12.7 Å². The van der Waals surface area contributed by atoms with E-state index in [1.165, 1.54) is 10.6 Å². The first-order valence-electron chi connectivity index (χ1n) is 12.4. The first-order chi connectivity index (χ1) is 18.2. The molecule has 4 heterocycles. The van der Waals surface area contributed by atoms with E-state index in [9.17, 15) is 19.1 Å². The maximum Gasteiger partial charge on any atom is 0.354 e. The van der Waals surface area contributed by atoms with Crippen molar-refractivity contribution < 1.29 is 14.3 Å². The summed E-state index contributed by atoms with van der Waals surface area (Å²) in [5, 5.41) is 12.9. The number of hydrogen-bond donors (Lipinski definition) is 2. The standard InChI is InChI=1S/C28H29FN6O3/c1-16-13-19(27(36)37)14-21(29)25(16)18-6-10-34(11-7-18)17(2)23-15-20-22(5-9-31-26(20)33(23)4)35-12-8-24(30-3)32-28(35)38/h5-6,8-9,12-15,17H,7,10-11H2,1-4H3,(H,36,37)(H,30,32,38)/t17-/m0/s1. The van der Waals surface area contributed by atoms with Gasteiger partial charge in [0.05, 0.1) is 11.3 Å². The van der Waals surface area contributed by atoms with Gasteiger partial charge in [0.2, 0.25) is 0 Å². The quantitative estimate of drug-likeness (QED) is 0.397. The molecule has 3 aromatic heterocycles. The van der Waals surface area contributed by atoms with Crippen LogP contribution >= 0.6 is 0 Å². The first kappa shape index (κ1) is 25.3. The molecule has 2 N–H and O–H groups in total. The van der Waals surface area contributed by atoms with Crippen molar-refractivity contribution in [1.82, 2.24) is 24.0 Å². The number of aromatic carboxylic acids is 1. The number of carbonyl (C=O) groups is 1. The zero-order valence-corrected chi connectivity index (χ0v) is 21.7. The number of halogens is 1. The zero-order chi connectivity index (χ0) is 27.1. The van der Waals surface area contributed by atoms with Crippen molar-refractivity contribution in [1.29, 1.82) is 0 Å². The number of carboxylic acid groups (broad SMARTS) is 1. The van der Waals surface area contributed by atoms with Crippen molar-refractivity contribution in [3.05, 3.63) is 87.5 Å². The largest absolute Gasteiger partial charge is 0.478 e.